The number of benzene rings is 2. The lowest BCUT2D eigenvalue weighted by Gasteiger charge is -2.49. The number of rotatable bonds is 21. The predicted octanol–water partition coefficient (Wildman–Crippen LogP) is 23.6. The fourth-order valence-corrected chi connectivity index (χ4v) is 23.6. The van der Waals surface area contributed by atoms with Crippen LogP contribution >= 0.6 is 7.14 Å². The maximum atomic E-state index is 14.7. The van der Waals surface area contributed by atoms with Gasteiger partial charge in [0.05, 0.1) is 35.6 Å². The number of fused-ring (bicyclic) bond motifs is 2. The monoisotopic (exact) mass is 1720 g/mol. The number of alkyl halides is 12. The summed E-state index contributed by atoms with van der Waals surface area (Å²) in [5, 5.41) is 61.7. The van der Waals surface area contributed by atoms with Crippen LogP contribution in [-0.2, 0) is 18.2 Å². The van der Waals surface area contributed by atoms with E-state index in [9.17, 15) is 92.7 Å². The van der Waals surface area contributed by atoms with Crippen LogP contribution in [-0.4, -0.2) is 131 Å². The van der Waals surface area contributed by atoms with E-state index in [2.05, 4.69) is 99.8 Å². The number of aliphatic hydroxyl groups is 6. The van der Waals surface area contributed by atoms with Gasteiger partial charge in [-0.25, -0.2) is 0 Å². The van der Waals surface area contributed by atoms with E-state index in [-0.39, 0.29) is 91.3 Å². The quantitative estimate of drug-likeness (QED) is 0.0306. The number of halogens is 12. The fraction of sp³-hybridized carbons (Fsp3) is 0.707. The highest BCUT2D eigenvalue weighted by molar-refractivity contribution is 7.78. The summed E-state index contributed by atoms with van der Waals surface area (Å²) in [6.07, 6.45) is -7.27. The molecule has 10 nitrogen and oxygen atoms in total. The first-order chi connectivity index (χ1) is 52.2. The van der Waals surface area contributed by atoms with E-state index >= 15 is 0 Å². The van der Waals surface area contributed by atoms with E-state index in [1.54, 1.807) is 34.6 Å². The molecule has 6 aliphatic carbocycles. The Morgan fingerprint density at radius 3 is 1.35 bits per heavy atom. The van der Waals surface area contributed by atoms with Crippen LogP contribution in [0.25, 0.3) is 0 Å². The number of hydrogen-bond donors (Lipinski definition) is 6. The van der Waals surface area contributed by atoms with Gasteiger partial charge in [-0.05, 0) is 234 Å². The molecule has 8 rings (SSSR count). The van der Waals surface area contributed by atoms with Gasteiger partial charge >= 0.3 is 35.9 Å². The van der Waals surface area contributed by atoms with E-state index < -0.39 is 99.3 Å². The van der Waals surface area contributed by atoms with Crippen LogP contribution in [0.2, 0.25) is 36.3 Å². The maximum absolute atomic E-state index is 14.7. The molecule has 6 aliphatic rings. The number of Topliss-reactive ketones (excluding diaryl/α,β-unsaturated/α-hetero) is 1. The van der Waals surface area contributed by atoms with Gasteiger partial charge in [-0.1, -0.05) is 206 Å². The molecule has 0 aliphatic heterocycles. The van der Waals surface area contributed by atoms with Crippen LogP contribution in [0, 0.1) is 69.0 Å². The Morgan fingerprint density at radius 1 is 0.538 bits per heavy atom. The molecule has 0 amide bonds. The first-order valence-electron chi connectivity index (χ1n) is 40.8. The second-order valence-electron chi connectivity index (χ2n) is 39.3. The van der Waals surface area contributed by atoms with Gasteiger partial charge < -0.3 is 44.1 Å². The number of hydrogen-bond acceptors (Lipinski definition) is 10. The molecule has 12 atom stereocenters. The zero-order valence-corrected chi connectivity index (χ0v) is 74.0. The van der Waals surface area contributed by atoms with E-state index in [0.717, 1.165) is 84.1 Å². The average molecular weight is 1720 g/mol. The van der Waals surface area contributed by atoms with Crippen LogP contribution in [0.5, 0.6) is 0 Å². The number of allylic oxidation sites excluding steroid dienone is 4. The van der Waals surface area contributed by atoms with E-state index in [1.165, 1.54) is 5.57 Å². The van der Waals surface area contributed by atoms with Crippen LogP contribution in [0.3, 0.4) is 0 Å². The molecule has 117 heavy (non-hydrogen) atoms. The van der Waals surface area contributed by atoms with Gasteiger partial charge in [0, 0.05) is 54.8 Å². The van der Waals surface area contributed by atoms with Crippen LogP contribution < -0.4 is 10.6 Å². The van der Waals surface area contributed by atoms with E-state index in [1.807, 2.05) is 92.6 Å². The van der Waals surface area contributed by atoms with Crippen molar-refractivity contribution < 1.29 is 102 Å². The third-order valence-electron chi connectivity index (χ3n) is 27.2. The molecule has 6 saturated carbocycles. The first-order valence-corrected chi connectivity index (χ1v) is 48.5. The van der Waals surface area contributed by atoms with Crippen molar-refractivity contribution in [3.05, 3.63) is 120 Å². The molecule has 6 fully saturated rings. The zero-order valence-electron chi connectivity index (χ0n) is 71.1. The summed E-state index contributed by atoms with van der Waals surface area (Å²) in [7, 11) is -6.90. The SMILES string of the molecule is C.C.C=C1/C(=C\C=C2/CCC[C@@]3(C)C2CC[C@@H]3C(C)(CC#CC(O)(C(F)(F)F)C(F)(F)F)CCCC(C)(C)O)C[C@@H](O)C[C@@H]1O.C=C1/C(=C\CP(=O)(c2ccccc2)c2ccccc2)C[C@@H](O[Si](C)(C)C(C)(C)C)C[C@@H]1O[Si](C)(C)C(C)(C)C.CC(C)(O)CCCC(C)(CC#CC(O)(C(F)(F)F)C(F)(F)F)[C@H]1CCC2C(=O)CCC[C@@]21C. The van der Waals surface area contributed by atoms with Crippen molar-refractivity contribution in [3.8, 4) is 23.7 Å². The first kappa shape index (κ1) is 105. The molecule has 0 spiro atoms. The molecule has 2 aromatic carbocycles. The van der Waals surface area contributed by atoms with E-state index in [0.29, 0.717) is 88.8 Å². The van der Waals surface area contributed by atoms with Crippen molar-refractivity contribution in [3.63, 3.8) is 0 Å². The Hall–Kier alpha value is -4.57. The summed E-state index contributed by atoms with van der Waals surface area (Å²) in [6.45, 7) is 45.8. The summed E-state index contributed by atoms with van der Waals surface area (Å²) in [6, 6.07) is 19.8. The Labute approximate surface area is 694 Å². The van der Waals surface area contributed by atoms with Gasteiger partial charge in [-0.2, -0.15) is 52.7 Å². The lowest BCUT2D eigenvalue weighted by atomic mass is 9.55. The van der Waals surface area contributed by atoms with Gasteiger partial charge in [0.1, 0.15) is 12.9 Å². The molecule has 6 N–H and O–H groups in total. The van der Waals surface area contributed by atoms with E-state index in [4.69, 9.17) is 8.85 Å². The average Bonchev–Trinajstić information content (AvgIpc) is 1.63. The normalized spacial score (nSPS) is 26.9. The standard InChI is InChI=1S/C33H46F6O4.C33H51O3PSi2.C24H34F6O3.2CH4/c1-21-23(19-24(40)20-26(21)41)11-10-22-9-6-17-30(5)25(22)12-13-27(30)29(4,15-7-14-28(2,3)42)16-8-18-31(43,32(34,35)36)33(37,38)39;1-26-27(22-23-37(34,29-18-14-12-15-19-29)30-20-16-13-17-21-30)24-28(35-38(8,9)32(2,3)4)25-31(26)36-39(10,11)33(5,6)7;1-19(2,32)11-6-12-20(3,13-7-15-22(33,23(25,26)27)24(28,29)30)18-10-9-16-17(31)8-5-14-21(16,18)4;;/h10-11,24-27,40-43H,1,6-7,9,12-17,19-20H2,2-5H3;12-22,28,31H,1,23-25H2,2-11H3;16,18,32-33H,5-6,8-14H2,1-4H3;2*1H4/b22-10+,23-11-;27-22-;;;/t24-,25?,26+,27-,29?,30+;28-,31+;16?,18-,20?,21+;;/m111../s1. The van der Waals surface area contributed by atoms with Crippen molar-refractivity contribution >= 4 is 40.2 Å². The van der Waals surface area contributed by atoms with Crippen LogP contribution in [0.1, 0.15) is 253 Å². The summed E-state index contributed by atoms with van der Waals surface area (Å²) in [5.74, 6) is 6.36. The maximum Gasteiger partial charge on any atom is 0.438 e. The molecule has 25 heteroatoms. The Balaban J connectivity index is 0.000000369. The zero-order chi connectivity index (χ0) is 87.4. The van der Waals surface area contributed by atoms with Gasteiger partial charge in [-0.3, -0.25) is 4.79 Å². The lowest BCUT2D eigenvalue weighted by Crippen LogP contribution is -2.55. The largest absolute Gasteiger partial charge is 0.438 e. The second-order valence-corrected chi connectivity index (χ2v) is 51.7. The van der Waals surface area contributed by atoms with Crippen molar-refractivity contribution in [2.75, 3.05) is 6.16 Å². The van der Waals surface area contributed by atoms with Crippen molar-refractivity contribution in [1.82, 2.24) is 0 Å². The predicted molar refractivity (Wildman–Crippen MR) is 452 cm³/mol. The summed E-state index contributed by atoms with van der Waals surface area (Å²) >= 11 is 0. The number of carbonyl (C=O) groups is 1. The molecule has 0 radical (unpaired) electrons. The lowest BCUT2D eigenvalue weighted by molar-refractivity contribution is -0.344. The van der Waals surface area contributed by atoms with Crippen molar-refractivity contribution in [2.45, 2.75) is 361 Å². The Bertz CT molecular complexity index is 3870. The molecule has 0 bridgehead atoms. The van der Waals surface area contributed by atoms with Crippen LogP contribution in [0.15, 0.2) is 120 Å². The number of carbonyl (C=O) groups excluding carboxylic acids is 1. The molecule has 664 valence electrons. The highest BCUT2D eigenvalue weighted by atomic mass is 31.2. The smallest absolute Gasteiger partial charge is 0.413 e. The molecular formula is C92H139F12O10PSi2. The summed E-state index contributed by atoms with van der Waals surface area (Å²) < 4.78 is 187. The van der Waals surface area contributed by atoms with Gasteiger partial charge in [0.15, 0.2) is 16.6 Å². The molecule has 4 unspecified atom stereocenters. The Morgan fingerprint density at radius 2 is 0.940 bits per heavy atom. The minimum absolute atomic E-state index is 0. The van der Waals surface area contributed by atoms with Crippen molar-refractivity contribution in [2.24, 2.45) is 45.3 Å². The fourth-order valence-electron chi connectivity index (χ4n) is 18.4. The second kappa shape index (κ2) is 38.7. The van der Waals surface area contributed by atoms with Gasteiger partial charge in [0.25, 0.3) is 0 Å². The number of ketones is 1. The van der Waals surface area contributed by atoms with Crippen molar-refractivity contribution in [1.29, 1.82) is 0 Å². The highest BCUT2D eigenvalue weighted by Gasteiger charge is 2.72. The minimum Gasteiger partial charge on any atom is -0.413 e. The van der Waals surface area contributed by atoms with Gasteiger partial charge in [0.2, 0.25) is 0 Å². The van der Waals surface area contributed by atoms with Gasteiger partial charge in [-0.15, -0.1) is 0 Å². The molecule has 0 aromatic heterocycles. The third kappa shape index (κ3) is 25.1. The summed E-state index contributed by atoms with van der Waals surface area (Å²) in [4.78, 5) is 12.5. The highest BCUT2D eigenvalue weighted by Crippen LogP contribution is 2.65. The molecule has 2 aromatic rings. The van der Waals surface area contributed by atoms with Crippen LogP contribution in [0.4, 0.5) is 52.7 Å². The molecule has 0 saturated heterocycles. The Kier molecular flexibility index (Phi) is 34.6. The summed E-state index contributed by atoms with van der Waals surface area (Å²) in [5.41, 5.74) is -9.68. The third-order valence-corrected chi connectivity index (χ3v) is 39.2. The number of aliphatic hydroxyl groups excluding tert-OH is 2. The topological polar surface area (TPSA) is 174 Å². The molecule has 0 heterocycles. The molecular weight excluding hydrogens is 1580 g/mol. The minimum atomic E-state index is -6.01.